The highest BCUT2D eigenvalue weighted by Gasteiger charge is 2.39. The van der Waals surface area contributed by atoms with E-state index in [-0.39, 0.29) is 17.2 Å². The molecule has 1 aliphatic heterocycles. The number of aromatic hydroxyl groups is 1. The summed E-state index contributed by atoms with van der Waals surface area (Å²) >= 11 is 0. The summed E-state index contributed by atoms with van der Waals surface area (Å²) in [6, 6.07) is 12.1. The second-order valence-electron chi connectivity index (χ2n) is 6.11. The zero-order chi connectivity index (χ0) is 19.1. The molecule has 2 atom stereocenters. The Kier molecular flexibility index (Phi) is 3.85. The van der Waals surface area contributed by atoms with Gasteiger partial charge in [-0.05, 0) is 29.8 Å². The van der Waals surface area contributed by atoms with Crippen LogP contribution in [-0.2, 0) is 4.79 Å². The lowest BCUT2D eigenvalue weighted by molar-refractivity contribution is -0.119. The van der Waals surface area contributed by atoms with Gasteiger partial charge in [-0.1, -0.05) is 12.1 Å². The number of benzene rings is 2. The predicted molar refractivity (Wildman–Crippen MR) is 96.8 cm³/mol. The maximum atomic E-state index is 12.5. The predicted octanol–water partition coefficient (Wildman–Crippen LogP) is 2.44. The summed E-state index contributed by atoms with van der Waals surface area (Å²) in [6.07, 6.45) is 0. The minimum Gasteiger partial charge on any atom is -0.502 e. The van der Waals surface area contributed by atoms with Crippen molar-refractivity contribution in [3.05, 3.63) is 42.0 Å². The molecule has 3 aromatic rings. The van der Waals surface area contributed by atoms with E-state index < -0.39 is 17.9 Å². The molecule has 1 aliphatic rings. The number of fused-ring (bicyclic) bond motifs is 3. The first-order chi connectivity index (χ1) is 13.1. The highest BCUT2D eigenvalue weighted by Crippen LogP contribution is 2.44. The van der Waals surface area contributed by atoms with Crippen LogP contribution in [0.3, 0.4) is 0 Å². The maximum Gasteiger partial charge on any atom is 0.246 e. The summed E-state index contributed by atoms with van der Waals surface area (Å²) < 4.78 is 12.3. The lowest BCUT2D eigenvalue weighted by atomic mass is 9.91. The molecule has 2 heterocycles. The van der Waals surface area contributed by atoms with E-state index in [9.17, 15) is 15.2 Å². The molecule has 2 N–H and O–H groups in total. The molecule has 1 aromatic heterocycles. The van der Waals surface area contributed by atoms with E-state index in [2.05, 4.69) is 16.4 Å². The molecule has 8 heteroatoms. The highest BCUT2D eigenvalue weighted by atomic mass is 16.5. The number of phenols is 1. The molecule has 0 spiro atoms. The monoisotopic (exact) mass is 364 g/mol. The van der Waals surface area contributed by atoms with Crippen molar-refractivity contribution in [1.82, 2.24) is 9.55 Å². The number of nitrogens with zero attached hydrogens (tertiary/aromatic N) is 3. The fourth-order valence-corrected chi connectivity index (χ4v) is 3.45. The number of rotatable bonds is 3. The minimum absolute atomic E-state index is 0.145. The highest BCUT2D eigenvalue weighted by molar-refractivity contribution is 5.97. The van der Waals surface area contributed by atoms with Gasteiger partial charge in [-0.3, -0.25) is 10.1 Å². The van der Waals surface area contributed by atoms with Gasteiger partial charge in [0.25, 0.3) is 0 Å². The number of aromatic nitrogens is 2. The zero-order valence-electron chi connectivity index (χ0n) is 14.6. The van der Waals surface area contributed by atoms with Gasteiger partial charge in [0.2, 0.25) is 17.6 Å². The Hall–Kier alpha value is -3.73. The number of ether oxygens (including phenoxy) is 2. The molecule has 2 aromatic carbocycles. The van der Waals surface area contributed by atoms with Crippen molar-refractivity contribution in [2.45, 2.75) is 6.04 Å². The number of hydrogen-bond acceptors (Lipinski definition) is 6. The van der Waals surface area contributed by atoms with E-state index in [1.165, 1.54) is 14.2 Å². The number of hydrogen-bond donors (Lipinski definition) is 2. The summed E-state index contributed by atoms with van der Waals surface area (Å²) in [5, 5.41) is 22.6. The van der Waals surface area contributed by atoms with Crippen LogP contribution < -0.4 is 14.8 Å². The van der Waals surface area contributed by atoms with Gasteiger partial charge in [0.1, 0.15) is 0 Å². The molecular formula is C19H16N4O4. The molecule has 0 radical (unpaired) electrons. The van der Waals surface area contributed by atoms with Gasteiger partial charge in [0.15, 0.2) is 17.4 Å². The smallest absolute Gasteiger partial charge is 0.246 e. The SMILES string of the molecule is COc1cc([C@H]2[C@H](C#N)C(=O)Nc3nc4ccccc4n32)cc(OC)c1O. The second kappa shape index (κ2) is 6.21. The number of nitriles is 1. The van der Waals surface area contributed by atoms with E-state index in [0.29, 0.717) is 17.0 Å². The molecule has 1 amide bonds. The van der Waals surface area contributed by atoms with Gasteiger partial charge in [0, 0.05) is 0 Å². The third-order valence-corrected chi connectivity index (χ3v) is 4.69. The number of methoxy groups -OCH3 is 2. The topological polar surface area (TPSA) is 109 Å². The minimum atomic E-state index is -0.992. The summed E-state index contributed by atoms with van der Waals surface area (Å²) in [5.74, 6) is -0.821. The molecular weight excluding hydrogens is 348 g/mol. The summed E-state index contributed by atoms with van der Waals surface area (Å²) in [4.78, 5) is 17.0. The Morgan fingerprint density at radius 2 is 1.89 bits per heavy atom. The van der Waals surface area contributed by atoms with E-state index in [4.69, 9.17) is 9.47 Å². The molecule has 0 saturated heterocycles. The van der Waals surface area contributed by atoms with E-state index in [1.807, 2.05) is 28.8 Å². The van der Waals surface area contributed by atoms with Gasteiger partial charge < -0.3 is 19.1 Å². The molecule has 0 saturated carbocycles. The molecule has 136 valence electrons. The molecule has 4 rings (SSSR count). The first kappa shape index (κ1) is 16.7. The average Bonchev–Trinajstić information content (AvgIpc) is 3.04. The van der Waals surface area contributed by atoms with Crippen LogP contribution in [-0.4, -0.2) is 34.8 Å². The van der Waals surface area contributed by atoms with Crippen LogP contribution in [0.2, 0.25) is 0 Å². The average molecular weight is 364 g/mol. The van der Waals surface area contributed by atoms with Gasteiger partial charge in [-0.15, -0.1) is 0 Å². The standard InChI is InChI=1S/C19H16N4O4/c1-26-14-7-10(8-15(27-2)17(14)24)16-11(9-20)18(25)22-19-21-12-5-3-4-6-13(12)23(16)19/h3-8,11,16,24H,1-2H3,(H,21,22,25)/t11-,16-/m0/s1. The lowest BCUT2D eigenvalue weighted by Gasteiger charge is -2.30. The quantitative estimate of drug-likeness (QED) is 0.739. The molecule has 0 unspecified atom stereocenters. The van der Waals surface area contributed by atoms with Crippen molar-refractivity contribution in [1.29, 1.82) is 5.26 Å². The fraction of sp³-hybridized carbons (Fsp3) is 0.211. The number of nitrogens with one attached hydrogen (secondary N) is 1. The Labute approximate surface area is 154 Å². The summed E-state index contributed by atoms with van der Waals surface area (Å²) in [7, 11) is 2.84. The first-order valence-electron chi connectivity index (χ1n) is 8.21. The van der Waals surface area contributed by atoms with Crippen LogP contribution in [0.25, 0.3) is 11.0 Å². The van der Waals surface area contributed by atoms with E-state index in [1.54, 1.807) is 12.1 Å². The number of amides is 1. The van der Waals surface area contributed by atoms with E-state index in [0.717, 1.165) is 5.52 Å². The molecule has 0 bridgehead atoms. The molecule has 0 aliphatic carbocycles. The van der Waals surface area contributed by atoms with Crippen LogP contribution in [0.15, 0.2) is 36.4 Å². The number of phenolic OH excluding ortho intramolecular Hbond substituents is 1. The van der Waals surface area contributed by atoms with E-state index >= 15 is 0 Å². The van der Waals surface area contributed by atoms with Crippen LogP contribution in [0.1, 0.15) is 11.6 Å². The second-order valence-corrected chi connectivity index (χ2v) is 6.11. The van der Waals surface area contributed by atoms with Crippen molar-refractivity contribution in [3.63, 3.8) is 0 Å². The number of carbonyl (C=O) groups excluding carboxylic acids is 1. The Balaban J connectivity index is 2.02. The third kappa shape index (κ3) is 2.44. The van der Waals surface area contributed by atoms with Crippen molar-refractivity contribution >= 4 is 22.9 Å². The summed E-state index contributed by atoms with van der Waals surface area (Å²) in [5.41, 5.74) is 2.07. The zero-order valence-corrected chi connectivity index (χ0v) is 14.6. The van der Waals surface area contributed by atoms with Gasteiger partial charge in [-0.2, -0.15) is 5.26 Å². The maximum absolute atomic E-state index is 12.5. The molecule has 0 fully saturated rings. The molecule has 27 heavy (non-hydrogen) atoms. The normalized spacial score (nSPS) is 18.5. The Morgan fingerprint density at radius 3 is 2.52 bits per heavy atom. The number of para-hydroxylation sites is 2. The first-order valence-corrected chi connectivity index (χ1v) is 8.21. The third-order valence-electron chi connectivity index (χ3n) is 4.69. The van der Waals surface area contributed by atoms with Crippen LogP contribution in [0, 0.1) is 17.2 Å². The van der Waals surface area contributed by atoms with Crippen molar-refractivity contribution in [3.8, 4) is 23.3 Å². The van der Waals surface area contributed by atoms with Crippen LogP contribution in [0.5, 0.6) is 17.2 Å². The molecule has 8 nitrogen and oxygen atoms in total. The van der Waals surface area contributed by atoms with Crippen LogP contribution in [0.4, 0.5) is 5.95 Å². The fourth-order valence-electron chi connectivity index (χ4n) is 3.45. The number of carbonyl (C=O) groups is 1. The summed E-state index contributed by atoms with van der Waals surface area (Å²) in [6.45, 7) is 0. The van der Waals surface area contributed by atoms with Crippen molar-refractivity contribution in [2.75, 3.05) is 19.5 Å². The largest absolute Gasteiger partial charge is 0.502 e. The van der Waals surface area contributed by atoms with Crippen molar-refractivity contribution < 1.29 is 19.4 Å². The Morgan fingerprint density at radius 1 is 1.22 bits per heavy atom. The van der Waals surface area contributed by atoms with Gasteiger partial charge in [-0.25, -0.2) is 4.98 Å². The van der Waals surface area contributed by atoms with Gasteiger partial charge in [0.05, 0.1) is 37.4 Å². The number of imidazole rings is 1. The van der Waals surface area contributed by atoms with Crippen molar-refractivity contribution in [2.24, 2.45) is 5.92 Å². The lowest BCUT2D eigenvalue weighted by Crippen LogP contribution is -2.37. The van der Waals surface area contributed by atoms with Crippen LogP contribution >= 0.6 is 0 Å². The Bertz CT molecular complexity index is 1070. The number of anilines is 1. The van der Waals surface area contributed by atoms with Gasteiger partial charge >= 0.3 is 0 Å².